The van der Waals surface area contributed by atoms with Crippen molar-refractivity contribution in [1.29, 1.82) is 0 Å². The fourth-order valence-electron chi connectivity index (χ4n) is 2.42. The highest BCUT2D eigenvalue weighted by Gasteiger charge is 2.22. The van der Waals surface area contributed by atoms with Gasteiger partial charge >= 0.3 is 0 Å². The zero-order valence-electron chi connectivity index (χ0n) is 15.1. The Balaban J connectivity index is 3.97. The monoisotopic (exact) mass is 311 g/mol. The van der Waals surface area contributed by atoms with Crippen molar-refractivity contribution in [2.45, 2.75) is 73.3 Å². The van der Waals surface area contributed by atoms with Crippen molar-refractivity contribution in [2.75, 3.05) is 6.54 Å². The summed E-state index contributed by atoms with van der Waals surface area (Å²) in [6, 6.07) is -0.261. The van der Waals surface area contributed by atoms with E-state index in [9.17, 15) is 14.4 Å². The molecule has 0 aliphatic carbocycles. The van der Waals surface area contributed by atoms with Gasteiger partial charge in [0.25, 0.3) is 0 Å². The Morgan fingerprint density at radius 3 is 2.00 bits per heavy atom. The summed E-state index contributed by atoms with van der Waals surface area (Å²) in [6.07, 6.45) is 2.23. The molecular formula is C18H33NO3. The number of ketones is 3. The van der Waals surface area contributed by atoms with Crippen molar-refractivity contribution in [3.05, 3.63) is 0 Å². The minimum absolute atomic E-state index is 0.0296. The summed E-state index contributed by atoms with van der Waals surface area (Å²) in [5, 5.41) is 3.15. The number of rotatable bonds is 12. The molecule has 0 fully saturated rings. The lowest BCUT2D eigenvalue weighted by Gasteiger charge is -2.16. The van der Waals surface area contributed by atoms with Gasteiger partial charge in [0.1, 0.15) is 17.3 Å². The largest absolute Gasteiger partial charge is 0.308 e. The Morgan fingerprint density at radius 2 is 1.50 bits per heavy atom. The molecule has 4 nitrogen and oxygen atoms in total. The van der Waals surface area contributed by atoms with Crippen molar-refractivity contribution in [1.82, 2.24) is 5.32 Å². The van der Waals surface area contributed by atoms with E-state index in [1.54, 1.807) is 0 Å². The van der Waals surface area contributed by atoms with Gasteiger partial charge in [-0.3, -0.25) is 14.4 Å². The summed E-state index contributed by atoms with van der Waals surface area (Å²) >= 11 is 0. The van der Waals surface area contributed by atoms with Crippen LogP contribution in [0, 0.1) is 17.8 Å². The van der Waals surface area contributed by atoms with Crippen molar-refractivity contribution in [2.24, 2.45) is 17.8 Å². The van der Waals surface area contributed by atoms with Crippen LogP contribution in [-0.2, 0) is 14.4 Å². The van der Waals surface area contributed by atoms with E-state index in [0.717, 1.165) is 6.42 Å². The van der Waals surface area contributed by atoms with Gasteiger partial charge in [-0.15, -0.1) is 0 Å². The van der Waals surface area contributed by atoms with Crippen molar-refractivity contribution < 1.29 is 14.4 Å². The Hall–Kier alpha value is -1.03. The van der Waals surface area contributed by atoms with E-state index in [4.69, 9.17) is 0 Å². The van der Waals surface area contributed by atoms with Crippen molar-refractivity contribution >= 4 is 17.3 Å². The standard InChI is InChI=1S/C18H33NO3/c1-12(2)10-16(20)8-7-9-19-15(6)17(21)11-14(5)18(22)13(3)4/h12-15,19H,7-11H2,1-6H3/t14-,15+/m1/s1. The van der Waals surface area contributed by atoms with Gasteiger partial charge in [0.05, 0.1) is 6.04 Å². The zero-order valence-corrected chi connectivity index (χ0v) is 15.1. The SMILES string of the molecule is CC(C)CC(=O)CCCN[C@@H](C)C(=O)C[C@@H](C)C(=O)C(C)C. The molecule has 0 unspecified atom stereocenters. The molecule has 0 heterocycles. The second-order valence-electron chi connectivity index (χ2n) is 7.04. The maximum atomic E-state index is 12.1. The summed E-state index contributed by atoms with van der Waals surface area (Å²) in [6.45, 7) is 12.1. The molecule has 0 aliphatic rings. The van der Waals surface area contributed by atoms with Gasteiger partial charge in [-0.2, -0.15) is 0 Å². The van der Waals surface area contributed by atoms with E-state index in [1.165, 1.54) is 0 Å². The highest BCUT2D eigenvalue weighted by atomic mass is 16.1. The molecule has 0 bridgehead atoms. The fraction of sp³-hybridized carbons (Fsp3) is 0.833. The average molecular weight is 311 g/mol. The topological polar surface area (TPSA) is 63.2 Å². The maximum absolute atomic E-state index is 12.1. The lowest BCUT2D eigenvalue weighted by molar-refractivity contribution is -0.130. The predicted molar refractivity (Wildman–Crippen MR) is 89.8 cm³/mol. The first kappa shape index (κ1) is 21.0. The lowest BCUT2D eigenvalue weighted by Crippen LogP contribution is -2.36. The summed E-state index contributed by atoms with van der Waals surface area (Å²) in [7, 11) is 0. The number of carbonyl (C=O) groups excluding carboxylic acids is 3. The smallest absolute Gasteiger partial charge is 0.150 e. The molecule has 0 aliphatic heterocycles. The molecular weight excluding hydrogens is 278 g/mol. The van der Waals surface area contributed by atoms with Gasteiger partial charge < -0.3 is 5.32 Å². The van der Waals surface area contributed by atoms with Crippen LogP contribution in [0.15, 0.2) is 0 Å². The number of hydrogen-bond acceptors (Lipinski definition) is 4. The second kappa shape index (κ2) is 10.7. The number of hydrogen-bond donors (Lipinski definition) is 1. The third-order valence-corrected chi connectivity index (χ3v) is 3.76. The Morgan fingerprint density at radius 1 is 0.909 bits per heavy atom. The quantitative estimate of drug-likeness (QED) is 0.562. The first-order valence-corrected chi connectivity index (χ1v) is 8.46. The predicted octanol–water partition coefficient (Wildman–Crippen LogP) is 3.18. The van der Waals surface area contributed by atoms with Gasteiger partial charge in [0.15, 0.2) is 0 Å². The maximum Gasteiger partial charge on any atom is 0.150 e. The molecule has 2 atom stereocenters. The zero-order chi connectivity index (χ0) is 17.3. The van der Waals surface area contributed by atoms with Crippen molar-refractivity contribution in [3.8, 4) is 0 Å². The number of nitrogens with one attached hydrogen (secondary N) is 1. The minimum Gasteiger partial charge on any atom is -0.308 e. The molecule has 0 aromatic heterocycles. The molecule has 0 saturated carbocycles. The van der Waals surface area contributed by atoms with E-state index >= 15 is 0 Å². The molecule has 22 heavy (non-hydrogen) atoms. The van der Waals surface area contributed by atoms with Crippen LogP contribution in [0.4, 0.5) is 0 Å². The van der Waals surface area contributed by atoms with Crippen LogP contribution in [0.5, 0.6) is 0 Å². The van der Waals surface area contributed by atoms with Crippen LogP contribution in [-0.4, -0.2) is 29.9 Å². The Kier molecular flexibility index (Phi) is 10.2. The third-order valence-electron chi connectivity index (χ3n) is 3.76. The van der Waals surface area contributed by atoms with Gasteiger partial charge in [0, 0.05) is 31.1 Å². The molecule has 0 rings (SSSR count). The van der Waals surface area contributed by atoms with Crippen LogP contribution < -0.4 is 5.32 Å². The fourth-order valence-corrected chi connectivity index (χ4v) is 2.42. The van der Waals surface area contributed by atoms with Gasteiger partial charge in [-0.05, 0) is 25.8 Å². The van der Waals surface area contributed by atoms with Crippen LogP contribution in [0.1, 0.15) is 67.2 Å². The summed E-state index contributed by atoms with van der Waals surface area (Å²) in [4.78, 5) is 35.5. The molecule has 0 spiro atoms. The Labute approximate surface area is 135 Å². The van der Waals surface area contributed by atoms with Crippen LogP contribution in [0.2, 0.25) is 0 Å². The molecule has 0 amide bonds. The summed E-state index contributed by atoms with van der Waals surface area (Å²) in [5.74, 6) is 0.644. The van der Waals surface area contributed by atoms with E-state index in [1.807, 2.05) is 41.5 Å². The molecule has 128 valence electrons. The first-order chi connectivity index (χ1) is 10.1. The first-order valence-electron chi connectivity index (χ1n) is 8.46. The van der Waals surface area contributed by atoms with E-state index in [-0.39, 0.29) is 41.6 Å². The molecule has 0 aromatic carbocycles. The average Bonchev–Trinajstić information content (AvgIpc) is 2.41. The Bertz CT molecular complexity index is 375. The van der Waals surface area contributed by atoms with Gasteiger partial charge in [-0.25, -0.2) is 0 Å². The van der Waals surface area contributed by atoms with E-state index < -0.39 is 0 Å². The molecule has 0 radical (unpaired) electrons. The molecule has 0 aromatic rings. The minimum atomic E-state index is -0.261. The van der Waals surface area contributed by atoms with Gasteiger partial charge in [0.2, 0.25) is 0 Å². The highest BCUT2D eigenvalue weighted by Crippen LogP contribution is 2.12. The highest BCUT2D eigenvalue weighted by molar-refractivity contribution is 5.90. The van der Waals surface area contributed by atoms with Crippen molar-refractivity contribution in [3.63, 3.8) is 0 Å². The summed E-state index contributed by atoms with van der Waals surface area (Å²) in [5.41, 5.74) is 0. The van der Waals surface area contributed by atoms with Crippen LogP contribution in [0.3, 0.4) is 0 Å². The molecule has 1 N–H and O–H groups in total. The van der Waals surface area contributed by atoms with Gasteiger partial charge in [-0.1, -0.05) is 34.6 Å². The van der Waals surface area contributed by atoms with Crippen LogP contribution in [0.25, 0.3) is 0 Å². The normalized spacial score (nSPS) is 14.2. The number of carbonyl (C=O) groups is 3. The third kappa shape index (κ3) is 9.08. The number of Topliss-reactive ketones (excluding diaryl/α,β-unsaturated/α-hetero) is 3. The second-order valence-corrected chi connectivity index (χ2v) is 7.04. The van der Waals surface area contributed by atoms with Crippen LogP contribution >= 0.6 is 0 Å². The van der Waals surface area contributed by atoms with E-state index in [2.05, 4.69) is 5.32 Å². The van der Waals surface area contributed by atoms with E-state index in [0.29, 0.717) is 25.3 Å². The lowest BCUT2D eigenvalue weighted by atomic mass is 9.91. The summed E-state index contributed by atoms with van der Waals surface area (Å²) < 4.78 is 0. The molecule has 4 heteroatoms. The molecule has 0 saturated heterocycles.